The van der Waals surface area contributed by atoms with Crippen molar-refractivity contribution in [1.29, 1.82) is 0 Å². The zero-order valence-electron chi connectivity index (χ0n) is 14.2. The Morgan fingerprint density at radius 3 is 2.67 bits per heavy atom. The van der Waals surface area contributed by atoms with Gasteiger partial charge in [0.05, 0.1) is 30.2 Å². The minimum atomic E-state index is -0.164. The Morgan fingerprint density at radius 1 is 1.17 bits per heavy atom. The average molecular weight is 323 g/mol. The van der Waals surface area contributed by atoms with Gasteiger partial charge in [0.25, 0.3) is 5.91 Å². The molecule has 2 heterocycles. The lowest BCUT2D eigenvalue weighted by Crippen LogP contribution is -2.13. The number of aryl methyl sites for hydroxylation is 2. The van der Waals surface area contributed by atoms with Crippen LogP contribution in [0.25, 0.3) is 0 Å². The third-order valence-corrected chi connectivity index (χ3v) is 4.13. The van der Waals surface area contributed by atoms with Crippen LogP contribution in [0.4, 0.5) is 5.69 Å². The number of benzene rings is 1. The molecule has 0 aliphatic carbocycles. The van der Waals surface area contributed by atoms with E-state index in [-0.39, 0.29) is 5.91 Å². The molecule has 0 aliphatic heterocycles. The fourth-order valence-corrected chi connectivity index (χ4v) is 2.66. The van der Waals surface area contributed by atoms with Crippen LogP contribution in [0.1, 0.15) is 34.1 Å². The topological polar surface area (TPSA) is 64.7 Å². The van der Waals surface area contributed by atoms with Gasteiger partial charge in [0.2, 0.25) is 0 Å². The fraction of sp³-hybridized carbons (Fsp3) is 0.278. The third kappa shape index (κ3) is 3.22. The molecule has 0 saturated heterocycles. The second kappa shape index (κ2) is 6.70. The second-order valence-electron chi connectivity index (χ2n) is 5.77. The summed E-state index contributed by atoms with van der Waals surface area (Å²) in [6.07, 6.45) is 5.10. The van der Waals surface area contributed by atoms with Crippen molar-refractivity contribution in [2.45, 2.75) is 33.9 Å². The lowest BCUT2D eigenvalue weighted by atomic mass is 10.1. The molecule has 2 aromatic heterocycles. The first kappa shape index (κ1) is 16.0. The van der Waals surface area contributed by atoms with E-state index in [1.165, 1.54) is 11.1 Å². The number of anilines is 1. The van der Waals surface area contributed by atoms with Crippen LogP contribution in [0.2, 0.25) is 0 Å². The van der Waals surface area contributed by atoms with Crippen LogP contribution in [0, 0.1) is 13.8 Å². The summed E-state index contributed by atoms with van der Waals surface area (Å²) in [6.45, 7) is 7.39. The van der Waals surface area contributed by atoms with Gasteiger partial charge in [-0.05, 0) is 31.9 Å². The van der Waals surface area contributed by atoms with Crippen LogP contribution >= 0.6 is 0 Å². The van der Waals surface area contributed by atoms with Crippen molar-refractivity contribution in [3.63, 3.8) is 0 Å². The van der Waals surface area contributed by atoms with Gasteiger partial charge in [-0.25, -0.2) is 0 Å². The Kier molecular flexibility index (Phi) is 4.46. The maximum absolute atomic E-state index is 12.4. The molecular weight excluding hydrogens is 302 g/mol. The predicted molar refractivity (Wildman–Crippen MR) is 93.1 cm³/mol. The normalized spacial score (nSPS) is 10.8. The van der Waals surface area contributed by atoms with Crippen LogP contribution < -0.4 is 5.32 Å². The summed E-state index contributed by atoms with van der Waals surface area (Å²) >= 11 is 0. The van der Waals surface area contributed by atoms with Gasteiger partial charge in [0, 0.05) is 18.4 Å². The van der Waals surface area contributed by atoms with Gasteiger partial charge in [-0.15, -0.1) is 0 Å². The molecule has 0 fully saturated rings. The molecular formula is C18H21N5O. The lowest BCUT2D eigenvalue weighted by molar-refractivity contribution is 0.102. The third-order valence-electron chi connectivity index (χ3n) is 4.13. The number of aromatic nitrogens is 4. The Bertz CT molecular complexity index is 862. The van der Waals surface area contributed by atoms with E-state index in [1.54, 1.807) is 17.1 Å². The molecule has 0 saturated carbocycles. The van der Waals surface area contributed by atoms with Crippen LogP contribution in [-0.4, -0.2) is 25.5 Å². The minimum absolute atomic E-state index is 0.164. The molecule has 24 heavy (non-hydrogen) atoms. The van der Waals surface area contributed by atoms with Gasteiger partial charge in [-0.1, -0.05) is 24.3 Å². The number of rotatable bonds is 5. The summed E-state index contributed by atoms with van der Waals surface area (Å²) in [5.74, 6) is -0.164. The summed E-state index contributed by atoms with van der Waals surface area (Å²) in [4.78, 5) is 12.4. The van der Waals surface area contributed by atoms with E-state index in [4.69, 9.17) is 0 Å². The molecule has 1 aromatic carbocycles. The molecule has 0 radical (unpaired) electrons. The number of amides is 1. The highest BCUT2D eigenvalue weighted by molar-refractivity contribution is 6.04. The van der Waals surface area contributed by atoms with E-state index in [2.05, 4.69) is 34.6 Å². The molecule has 0 aliphatic rings. The number of hydrogen-bond acceptors (Lipinski definition) is 3. The second-order valence-corrected chi connectivity index (χ2v) is 5.77. The van der Waals surface area contributed by atoms with Crippen molar-refractivity contribution in [3.05, 3.63) is 65.2 Å². The summed E-state index contributed by atoms with van der Waals surface area (Å²) in [7, 11) is 0. The SMILES string of the molecule is CCn1ncc(C(=O)Nc2cnn(Cc3ccccc3C)c2)c1C. The van der Waals surface area contributed by atoms with E-state index in [0.29, 0.717) is 17.8 Å². The van der Waals surface area contributed by atoms with Crippen LogP contribution in [0.3, 0.4) is 0 Å². The molecule has 3 rings (SSSR count). The van der Waals surface area contributed by atoms with Crippen molar-refractivity contribution >= 4 is 11.6 Å². The quantitative estimate of drug-likeness (QED) is 0.785. The molecule has 6 heteroatoms. The number of hydrogen-bond donors (Lipinski definition) is 1. The van der Waals surface area contributed by atoms with E-state index in [9.17, 15) is 4.79 Å². The van der Waals surface area contributed by atoms with E-state index in [1.807, 2.05) is 36.9 Å². The lowest BCUT2D eigenvalue weighted by Gasteiger charge is -2.05. The molecule has 0 bridgehead atoms. The molecule has 0 unspecified atom stereocenters. The Labute approximate surface area is 141 Å². The summed E-state index contributed by atoms with van der Waals surface area (Å²) < 4.78 is 3.62. The molecule has 0 atom stereocenters. The smallest absolute Gasteiger partial charge is 0.259 e. The molecule has 0 spiro atoms. The highest BCUT2D eigenvalue weighted by Gasteiger charge is 2.14. The number of nitrogens with zero attached hydrogens (tertiary/aromatic N) is 4. The van der Waals surface area contributed by atoms with Gasteiger partial charge in [-0.2, -0.15) is 10.2 Å². The summed E-state index contributed by atoms with van der Waals surface area (Å²) in [5, 5.41) is 11.4. The maximum Gasteiger partial charge on any atom is 0.259 e. The van der Waals surface area contributed by atoms with Crippen molar-refractivity contribution in [1.82, 2.24) is 19.6 Å². The van der Waals surface area contributed by atoms with Gasteiger partial charge >= 0.3 is 0 Å². The van der Waals surface area contributed by atoms with E-state index < -0.39 is 0 Å². The van der Waals surface area contributed by atoms with Crippen molar-refractivity contribution < 1.29 is 4.79 Å². The first-order valence-electron chi connectivity index (χ1n) is 7.99. The van der Waals surface area contributed by atoms with E-state index >= 15 is 0 Å². The Morgan fingerprint density at radius 2 is 1.96 bits per heavy atom. The highest BCUT2D eigenvalue weighted by atomic mass is 16.1. The summed E-state index contributed by atoms with van der Waals surface area (Å²) in [6, 6.07) is 8.20. The Balaban J connectivity index is 1.71. The van der Waals surface area contributed by atoms with Crippen molar-refractivity contribution in [3.8, 4) is 0 Å². The fourth-order valence-electron chi connectivity index (χ4n) is 2.66. The molecule has 3 aromatic rings. The zero-order valence-corrected chi connectivity index (χ0v) is 14.2. The summed E-state index contributed by atoms with van der Waals surface area (Å²) in [5.41, 5.74) is 4.56. The monoisotopic (exact) mass is 323 g/mol. The average Bonchev–Trinajstić information content (AvgIpc) is 3.16. The van der Waals surface area contributed by atoms with E-state index in [0.717, 1.165) is 12.2 Å². The molecule has 6 nitrogen and oxygen atoms in total. The highest BCUT2D eigenvalue weighted by Crippen LogP contribution is 2.14. The van der Waals surface area contributed by atoms with Gasteiger partial charge < -0.3 is 5.32 Å². The maximum atomic E-state index is 12.4. The number of carbonyl (C=O) groups is 1. The van der Waals surface area contributed by atoms with Crippen molar-refractivity contribution in [2.24, 2.45) is 0 Å². The van der Waals surface area contributed by atoms with Crippen molar-refractivity contribution in [2.75, 3.05) is 5.32 Å². The van der Waals surface area contributed by atoms with Crippen LogP contribution in [-0.2, 0) is 13.1 Å². The van der Waals surface area contributed by atoms with Crippen LogP contribution in [0.5, 0.6) is 0 Å². The van der Waals surface area contributed by atoms with Gasteiger partial charge in [-0.3, -0.25) is 14.2 Å². The Hall–Kier alpha value is -2.89. The molecule has 124 valence electrons. The van der Waals surface area contributed by atoms with Gasteiger partial charge in [0.15, 0.2) is 0 Å². The zero-order chi connectivity index (χ0) is 17.1. The first-order valence-corrected chi connectivity index (χ1v) is 7.99. The standard InChI is InChI=1S/C18H21N5O/c1-4-23-14(3)17(10-20-23)18(24)21-16-9-19-22(12-16)11-15-8-6-5-7-13(15)2/h5-10,12H,4,11H2,1-3H3,(H,21,24). The number of carbonyl (C=O) groups excluding carboxylic acids is 1. The van der Waals surface area contributed by atoms with Crippen LogP contribution in [0.15, 0.2) is 42.9 Å². The largest absolute Gasteiger partial charge is 0.319 e. The minimum Gasteiger partial charge on any atom is -0.319 e. The first-order chi connectivity index (χ1) is 11.6. The molecule has 1 N–H and O–H groups in total. The predicted octanol–water partition coefficient (Wildman–Crippen LogP) is 3.02. The number of nitrogens with one attached hydrogen (secondary N) is 1. The van der Waals surface area contributed by atoms with Gasteiger partial charge in [0.1, 0.15) is 0 Å². The molecule has 1 amide bonds.